The van der Waals surface area contributed by atoms with Crippen molar-refractivity contribution in [1.82, 2.24) is 0 Å². The van der Waals surface area contributed by atoms with Crippen LogP contribution >= 0.6 is 7.37 Å². The number of allylic oxidation sites excluding steroid dienone is 2. The number of carboxylic acid groups (broad SMARTS) is 1. The van der Waals surface area contributed by atoms with Gasteiger partial charge in [-0.1, -0.05) is 72.8 Å². The van der Waals surface area contributed by atoms with Crippen molar-refractivity contribution in [2.24, 2.45) is 0 Å². The molecule has 2 N–H and O–H groups in total. The minimum Gasteiger partial charge on any atom is -0.481 e. The predicted molar refractivity (Wildman–Crippen MR) is 105 cm³/mol. The van der Waals surface area contributed by atoms with E-state index in [2.05, 4.69) is 0 Å². The first-order valence-electron chi connectivity index (χ1n) is 8.64. The summed E-state index contributed by atoms with van der Waals surface area (Å²) >= 11 is 0. The van der Waals surface area contributed by atoms with E-state index in [1.54, 1.807) is 31.2 Å². The number of aliphatic carboxylic acids is 1. The molecule has 2 aromatic rings. The highest BCUT2D eigenvalue weighted by atomic mass is 31.2. The van der Waals surface area contributed by atoms with E-state index in [4.69, 9.17) is 0 Å². The van der Waals surface area contributed by atoms with Crippen LogP contribution in [0.15, 0.2) is 72.8 Å². The Labute approximate surface area is 154 Å². The first-order valence-corrected chi connectivity index (χ1v) is 10.5. The van der Waals surface area contributed by atoms with E-state index in [1.165, 1.54) is 0 Å². The van der Waals surface area contributed by atoms with E-state index in [1.807, 2.05) is 48.5 Å². The largest absolute Gasteiger partial charge is 0.481 e. The molecule has 26 heavy (non-hydrogen) atoms. The van der Waals surface area contributed by atoms with Crippen molar-refractivity contribution in [1.29, 1.82) is 0 Å². The van der Waals surface area contributed by atoms with Crippen molar-refractivity contribution in [3.8, 4) is 0 Å². The average molecular weight is 372 g/mol. The fraction of sp³-hybridized carbons (Fsp3) is 0.286. The Morgan fingerprint density at radius 2 is 1.58 bits per heavy atom. The Morgan fingerprint density at radius 3 is 2.08 bits per heavy atom. The van der Waals surface area contributed by atoms with Crippen LogP contribution in [-0.2, 0) is 21.9 Å². The molecule has 0 bridgehead atoms. The highest BCUT2D eigenvalue weighted by Gasteiger charge is 2.46. The highest BCUT2D eigenvalue weighted by Crippen LogP contribution is 2.61. The van der Waals surface area contributed by atoms with E-state index < -0.39 is 18.5 Å². The van der Waals surface area contributed by atoms with Crippen LogP contribution in [0.5, 0.6) is 0 Å². The smallest absolute Gasteiger partial charge is 0.304 e. The number of hydrogen-bond acceptors (Lipinski definition) is 2. The first-order chi connectivity index (χ1) is 12.4. The third-order valence-electron chi connectivity index (χ3n) is 4.56. The van der Waals surface area contributed by atoms with Crippen molar-refractivity contribution in [3.63, 3.8) is 0 Å². The number of carbonyl (C=O) groups is 1. The van der Waals surface area contributed by atoms with Crippen LogP contribution < -0.4 is 0 Å². The minimum absolute atomic E-state index is 0.0414. The topological polar surface area (TPSA) is 74.6 Å². The third kappa shape index (κ3) is 5.17. The fourth-order valence-corrected chi connectivity index (χ4v) is 5.46. The van der Waals surface area contributed by atoms with Gasteiger partial charge in [-0.15, -0.1) is 0 Å². The summed E-state index contributed by atoms with van der Waals surface area (Å²) < 4.78 is 13.4. The molecule has 2 unspecified atom stereocenters. The van der Waals surface area contributed by atoms with Crippen LogP contribution in [0.3, 0.4) is 0 Å². The molecule has 2 aromatic carbocycles. The van der Waals surface area contributed by atoms with Crippen LogP contribution in [0.2, 0.25) is 0 Å². The van der Waals surface area contributed by atoms with Gasteiger partial charge in [-0.3, -0.25) is 9.36 Å². The predicted octanol–water partition coefficient (Wildman–Crippen LogP) is 4.88. The number of aryl methyl sites for hydroxylation is 1. The van der Waals surface area contributed by atoms with E-state index in [0.29, 0.717) is 12.8 Å². The maximum absolute atomic E-state index is 13.4. The number of benzene rings is 2. The molecule has 0 fully saturated rings. The zero-order valence-electron chi connectivity index (χ0n) is 14.9. The van der Waals surface area contributed by atoms with Crippen molar-refractivity contribution < 1.29 is 19.4 Å². The zero-order valence-corrected chi connectivity index (χ0v) is 15.8. The standard InChI is InChI=1S/C21H25O4P/c1-2-14-21(16-20(22)23,15-13-18-9-5-3-6-10-18)26(24,25)17-19-11-7-4-8-12-19/h2-12,14H,13,15-17H2,1H3,(H,22,23)(H,24,25). The average Bonchev–Trinajstić information content (AvgIpc) is 2.60. The molecule has 0 radical (unpaired) electrons. The lowest BCUT2D eigenvalue weighted by molar-refractivity contribution is -0.137. The molecule has 0 aliphatic carbocycles. The molecule has 2 rings (SSSR count). The first kappa shape index (κ1) is 20.2. The number of rotatable bonds is 9. The molecule has 0 saturated heterocycles. The molecule has 138 valence electrons. The van der Waals surface area contributed by atoms with Gasteiger partial charge in [0.25, 0.3) is 0 Å². The molecule has 4 nitrogen and oxygen atoms in total. The van der Waals surface area contributed by atoms with Gasteiger partial charge in [0.1, 0.15) is 0 Å². The normalized spacial score (nSPS) is 16.1. The molecule has 0 heterocycles. The van der Waals surface area contributed by atoms with Crippen LogP contribution in [0.4, 0.5) is 0 Å². The van der Waals surface area contributed by atoms with Gasteiger partial charge in [-0.25, -0.2) is 0 Å². The Balaban J connectivity index is 2.36. The molecule has 2 atom stereocenters. The molecule has 0 amide bonds. The van der Waals surface area contributed by atoms with Crippen LogP contribution in [0, 0.1) is 0 Å². The van der Waals surface area contributed by atoms with Crippen molar-refractivity contribution in [3.05, 3.63) is 83.9 Å². The zero-order chi connectivity index (χ0) is 19.0. The maximum atomic E-state index is 13.4. The second-order valence-electron chi connectivity index (χ2n) is 6.50. The fourth-order valence-electron chi connectivity index (χ4n) is 3.21. The highest BCUT2D eigenvalue weighted by molar-refractivity contribution is 7.59. The summed E-state index contributed by atoms with van der Waals surface area (Å²) in [6, 6.07) is 18.7. The summed E-state index contributed by atoms with van der Waals surface area (Å²) in [5.74, 6) is -1.07. The minimum atomic E-state index is -3.83. The molecular formula is C21H25O4P. The van der Waals surface area contributed by atoms with Gasteiger partial charge in [0.2, 0.25) is 7.37 Å². The van der Waals surface area contributed by atoms with Gasteiger partial charge in [0.15, 0.2) is 0 Å². The van der Waals surface area contributed by atoms with Gasteiger partial charge in [-0.05, 0) is 30.9 Å². The van der Waals surface area contributed by atoms with Crippen LogP contribution in [0.1, 0.15) is 30.9 Å². The van der Waals surface area contributed by atoms with Crippen molar-refractivity contribution >= 4 is 13.3 Å². The monoisotopic (exact) mass is 372 g/mol. The van der Waals surface area contributed by atoms with Crippen molar-refractivity contribution in [2.75, 3.05) is 0 Å². The number of carboxylic acids is 1. The maximum Gasteiger partial charge on any atom is 0.304 e. The molecule has 5 heteroatoms. The quantitative estimate of drug-likeness (QED) is 0.486. The molecular weight excluding hydrogens is 347 g/mol. The summed E-state index contributed by atoms with van der Waals surface area (Å²) in [5.41, 5.74) is 1.75. The Kier molecular flexibility index (Phi) is 6.96. The second kappa shape index (κ2) is 8.98. The summed E-state index contributed by atoms with van der Waals surface area (Å²) in [6.07, 6.45) is 3.73. The van der Waals surface area contributed by atoms with Gasteiger partial charge in [-0.2, -0.15) is 0 Å². The molecule has 0 aliphatic rings. The molecule has 0 aromatic heterocycles. The Bertz CT molecular complexity index is 786. The van der Waals surface area contributed by atoms with Crippen LogP contribution in [-0.4, -0.2) is 21.1 Å². The Morgan fingerprint density at radius 1 is 1.04 bits per heavy atom. The lowest BCUT2D eigenvalue weighted by Crippen LogP contribution is -2.31. The SMILES string of the molecule is CC=CC(CCc1ccccc1)(CC(=O)O)P(=O)(O)Cc1ccccc1. The second-order valence-corrected chi connectivity index (χ2v) is 9.11. The third-order valence-corrected chi connectivity index (χ3v) is 7.28. The van der Waals surface area contributed by atoms with Crippen molar-refractivity contribution in [2.45, 2.75) is 37.5 Å². The number of hydrogen-bond donors (Lipinski definition) is 2. The van der Waals surface area contributed by atoms with Gasteiger partial charge in [0.05, 0.1) is 17.7 Å². The lowest BCUT2D eigenvalue weighted by Gasteiger charge is -2.34. The van der Waals surface area contributed by atoms with E-state index in [0.717, 1.165) is 11.1 Å². The molecule has 0 aliphatic heterocycles. The Hall–Kier alpha value is -2.16. The van der Waals surface area contributed by atoms with E-state index >= 15 is 0 Å². The van der Waals surface area contributed by atoms with E-state index in [9.17, 15) is 19.4 Å². The van der Waals surface area contributed by atoms with Gasteiger partial charge < -0.3 is 10.00 Å². The van der Waals surface area contributed by atoms with Gasteiger partial charge in [0, 0.05) is 0 Å². The molecule has 0 saturated carbocycles. The summed E-state index contributed by atoms with van der Waals surface area (Å²) in [6.45, 7) is 1.75. The summed E-state index contributed by atoms with van der Waals surface area (Å²) in [4.78, 5) is 22.5. The van der Waals surface area contributed by atoms with E-state index in [-0.39, 0.29) is 12.6 Å². The summed E-state index contributed by atoms with van der Waals surface area (Å²) in [7, 11) is -3.83. The lowest BCUT2D eigenvalue weighted by atomic mass is 9.95. The van der Waals surface area contributed by atoms with Gasteiger partial charge >= 0.3 is 5.97 Å². The molecule has 0 spiro atoms. The van der Waals surface area contributed by atoms with Crippen LogP contribution in [0.25, 0.3) is 0 Å². The summed E-state index contributed by atoms with van der Waals surface area (Å²) in [5, 5.41) is 8.14.